The van der Waals surface area contributed by atoms with E-state index in [0.717, 1.165) is 47.9 Å². The summed E-state index contributed by atoms with van der Waals surface area (Å²) in [6.07, 6.45) is 4.20. The molecule has 0 bridgehead atoms. The summed E-state index contributed by atoms with van der Waals surface area (Å²) in [5.41, 5.74) is 5.44. The molecule has 2 aromatic rings. The van der Waals surface area contributed by atoms with Crippen molar-refractivity contribution in [3.8, 4) is 11.5 Å². The van der Waals surface area contributed by atoms with Gasteiger partial charge in [-0.3, -0.25) is 0 Å². The monoisotopic (exact) mass is 564 g/mol. The molecule has 0 fully saturated rings. The molecular formula is C33H50NaO4P. The van der Waals surface area contributed by atoms with Crippen LogP contribution >= 0.6 is 7.82 Å². The fraction of sp³-hybridized carbons (Fsp3) is 0.636. The standard InChI is InChI=1S/C33H51O4P.Na/c1-13-30(5,6)24-18-22-17-23-19-25(31(7,8)14-2)21-27(33(11,12)16-4)29(23)37-38(34,35)36-28(22)26(20-24)32(9,10)15-3;/h18-21H,13-17H2,1-12H3,(H,34,35);/q;+1/p-1. The Bertz CT molecular complexity index is 1150. The molecule has 212 valence electrons. The molecule has 6 heteroatoms. The van der Waals surface area contributed by atoms with Crippen molar-refractivity contribution in [2.45, 2.75) is 137 Å². The molecule has 0 aliphatic carbocycles. The van der Waals surface area contributed by atoms with Gasteiger partial charge in [0.25, 0.3) is 0 Å². The van der Waals surface area contributed by atoms with Gasteiger partial charge in [-0.1, -0.05) is 107 Å². The number of rotatable bonds is 8. The molecule has 0 saturated heterocycles. The Labute approximate surface area is 260 Å². The largest absolute Gasteiger partial charge is 1.00 e. The van der Waals surface area contributed by atoms with Gasteiger partial charge in [-0.25, -0.2) is 4.57 Å². The second kappa shape index (κ2) is 11.8. The maximum absolute atomic E-state index is 13.5. The summed E-state index contributed by atoms with van der Waals surface area (Å²) in [6, 6.07) is 8.67. The quantitative estimate of drug-likeness (QED) is 0.280. The van der Waals surface area contributed by atoms with Crippen LogP contribution in [0.1, 0.15) is 142 Å². The molecular weight excluding hydrogens is 514 g/mol. The van der Waals surface area contributed by atoms with Gasteiger partial charge in [-0.2, -0.15) is 0 Å². The fourth-order valence-corrected chi connectivity index (χ4v) is 5.80. The Morgan fingerprint density at radius 1 is 0.641 bits per heavy atom. The average Bonchev–Trinajstić information content (AvgIpc) is 2.83. The maximum Gasteiger partial charge on any atom is 1.00 e. The molecule has 3 rings (SSSR count). The third-order valence-corrected chi connectivity index (χ3v) is 10.5. The van der Waals surface area contributed by atoms with E-state index in [2.05, 4.69) is 107 Å². The molecule has 0 amide bonds. The molecule has 0 atom stereocenters. The summed E-state index contributed by atoms with van der Waals surface area (Å²) in [5, 5.41) is 0. The fourth-order valence-electron chi connectivity index (χ4n) is 4.88. The van der Waals surface area contributed by atoms with E-state index in [1.54, 1.807) is 0 Å². The zero-order chi connectivity index (χ0) is 28.9. The predicted molar refractivity (Wildman–Crippen MR) is 158 cm³/mol. The molecule has 1 aliphatic rings. The zero-order valence-corrected chi connectivity index (χ0v) is 29.8. The minimum absolute atomic E-state index is 0. The van der Waals surface area contributed by atoms with E-state index in [1.165, 1.54) is 11.1 Å². The van der Waals surface area contributed by atoms with Gasteiger partial charge in [0.15, 0.2) is 0 Å². The second-order valence-electron chi connectivity index (χ2n) is 13.8. The molecule has 1 heterocycles. The average molecular weight is 565 g/mol. The van der Waals surface area contributed by atoms with Crippen molar-refractivity contribution in [3.05, 3.63) is 57.6 Å². The van der Waals surface area contributed by atoms with Crippen molar-refractivity contribution in [2.24, 2.45) is 0 Å². The first-order chi connectivity index (χ1) is 17.3. The van der Waals surface area contributed by atoms with Crippen molar-refractivity contribution in [2.75, 3.05) is 0 Å². The minimum Gasteiger partial charge on any atom is -0.736 e. The van der Waals surface area contributed by atoms with Gasteiger partial charge in [0, 0.05) is 17.5 Å². The first-order valence-corrected chi connectivity index (χ1v) is 15.9. The van der Waals surface area contributed by atoms with Crippen molar-refractivity contribution < 1.29 is 48.1 Å². The van der Waals surface area contributed by atoms with Crippen molar-refractivity contribution in [1.29, 1.82) is 0 Å². The van der Waals surface area contributed by atoms with Gasteiger partial charge in [0.05, 0.1) is 0 Å². The summed E-state index contributed by atoms with van der Waals surface area (Å²) >= 11 is 0. The molecule has 4 nitrogen and oxygen atoms in total. The number of phosphoric acid groups is 1. The summed E-state index contributed by atoms with van der Waals surface area (Å²) in [4.78, 5) is 13.5. The first kappa shape index (κ1) is 34.4. The SMILES string of the molecule is CCC(C)(C)c1cc2c(c(C(C)(C)CC)c1)OP(=O)([O-])Oc1c(cc(C(C)(C)CC)cc1C(C)(C)CC)C2.[Na+]. The molecule has 0 aromatic heterocycles. The van der Waals surface area contributed by atoms with E-state index < -0.39 is 7.82 Å². The maximum atomic E-state index is 13.5. The summed E-state index contributed by atoms with van der Waals surface area (Å²) in [7, 11) is -4.71. The molecule has 39 heavy (non-hydrogen) atoms. The van der Waals surface area contributed by atoms with Crippen LogP contribution in [0.2, 0.25) is 0 Å². The van der Waals surface area contributed by atoms with E-state index in [4.69, 9.17) is 9.05 Å². The number of hydrogen-bond donors (Lipinski definition) is 0. The number of fused-ring (bicyclic) bond motifs is 2. The van der Waals surface area contributed by atoms with Gasteiger partial charge < -0.3 is 13.9 Å². The van der Waals surface area contributed by atoms with E-state index in [-0.39, 0.29) is 51.2 Å². The zero-order valence-electron chi connectivity index (χ0n) is 26.9. The molecule has 0 unspecified atom stereocenters. The Morgan fingerprint density at radius 3 is 1.23 bits per heavy atom. The van der Waals surface area contributed by atoms with Crippen LogP contribution < -0.4 is 43.5 Å². The van der Waals surface area contributed by atoms with E-state index in [0.29, 0.717) is 17.9 Å². The Hall–Kier alpha value is -0.770. The Kier molecular flexibility index (Phi) is 10.5. The van der Waals surface area contributed by atoms with Gasteiger partial charge in [0.2, 0.25) is 0 Å². The van der Waals surface area contributed by atoms with Crippen LogP contribution in [0.25, 0.3) is 0 Å². The van der Waals surface area contributed by atoms with Crippen LogP contribution in [0.15, 0.2) is 24.3 Å². The number of phosphoric ester groups is 1. The summed E-state index contributed by atoms with van der Waals surface area (Å²) in [5.74, 6) is 0.876. The molecule has 0 radical (unpaired) electrons. The smallest absolute Gasteiger partial charge is 0.736 e. The third-order valence-electron chi connectivity index (χ3n) is 9.68. The van der Waals surface area contributed by atoms with Crippen molar-refractivity contribution >= 4 is 7.82 Å². The van der Waals surface area contributed by atoms with Crippen LogP contribution in [0.3, 0.4) is 0 Å². The van der Waals surface area contributed by atoms with Gasteiger partial charge >= 0.3 is 37.4 Å². The topological polar surface area (TPSA) is 58.6 Å². The Balaban J connectivity index is 0.00000533. The van der Waals surface area contributed by atoms with E-state index in [1.807, 2.05) is 0 Å². The van der Waals surface area contributed by atoms with Crippen LogP contribution in [0.4, 0.5) is 0 Å². The van der Waals surface area contributed by atoms with E-state index in [9.17, 15) is 9.46 Å². The Morgan fingerprint density at radius 2 is 0.949 bits per heavy atom. The van der Waals surface area contributed by atoms with Crippen molar-refractivity contribution in [3.63, 3.8) is 0 Å². The molecule has 0 spiro atoms. The third kappa shape index (κ3) is 7.00. The summed E-state index contributed by atoms with van der Waals surface area (Å²) in [6.45, 7) is 26.3. The number of hydrogen-bond acceptors (Lipinski definition) is 4. The van der Waals surface area contributed by atoms with Crippen LogP contribution in [-0.2, 0) is 32.6 Å². The molecule has 2 aromatic carbocycles. The second-order valence-corrected chi connectivity index (χ2v) is 15.0. The number of benzene rings is 2. The van der Waals surface area contributed by atoms with Gasteiger partial charge in [-0.05, 0) is 69.6 Å². The molecule has 0 saturated carbocycles. The van der Waals surface area contributed by atoms with Crippen LogP contribution in [0.5, 0.6) is 11.5 Å². The van der Waals surface area contributed by atoms with Gasteiger partial charge in [-0.15, -0.1) is 0 Å². The molecule has 1 aliphatic heterocycles. The first-order valence-electron chi connectivity index (χ1n) is 14.4. The van der Waals surface area contributed by atoms with Crippen molar-refractivity contribution in [1.82, 2.24) is 0 Å². The summed E-state index contributed by atoms with van der Waals surface area (Å²) < 4.78 is 25.3. The normalized spacial score (nSPS) is 15.6. The van der Waals surface area contributed by atoms with Gasteiger partial charge in [0.1, 0.15) is 11.5 Å². The van der Waals surface area contributed by atoms with Crippen LogP contribution in [-0.4, -0.2) is 0 Å². The van der Waals surface area contributed by atoms with E-state index >= 15 is 0 Å². The van der Waals surface area contributed by atoms with Crippen LogP contribution in [0, 0.1) is 0 Å². The minimum atomic E-state index is -4.71. The molecule has 0 N–H and O–H groups in total. The predicted octanol–water partition coefficient (Wildman–Crippen LogP) is 6.27.